The molecular weight excluding hydrogens is 254 g/mol. The average molecular weight is 283 g/mol. The Labute approximate surface area is 122 Å². The van der Waals surface area contributed by atoms with E-state index in [1.165, 1.54) is 17.8 Å². The first-order valence-corrected chi connectivity index (χ1v) is 8.16. The summed E-state index contributed by atoms with van der Waals surface area (Å²) in [7, 11) is 0. The van der Waals surface area contributed by atoms with Crippen LogP contribution in [0.2, 0.25) is 0 Å². The van der Waals surface area contributed by atoms with Gasteiger partial charge in [0.1, 0.15) is 10.8 Å². The Hall–Kier alpha value is -0.480. The number of rotatable bonds is 7. The lowest BCUT2D eigenvalue weighted by molar-refractivity contribution is 0.415. The largest absolute Gasteiger partial charge is 0.314 e. The minimum atomic E-state index is 0.0547. The summed E-state index contributed by atoms with van der Waals surface area (Å²) in [5.41, 5.74) is 0.0547. The van der Waals surface area contributed by atoms with Gasteiger partial charge in [0.05, 0.1) is 0 Å². The number of nitrogens with zero attached hydrogens (tertiary/aromatic N) is 2. The molecule has 0 aromatic carbocycles. The second kappa shape index (κ2) is 7.34. The molecule has 3 nitrogen and oxygen atoms in total. The molecular formula is C15H29N3S. The first-order chi connectivity index (χ1) is 8.82. The monoisotopic (exact) mass is 283 g/mol. The van der Waals surface area contributed by atoms with Crippen LogP contribution in [0.1, 0.15) is 65.2 Å². The highest BCUT2D eigenvalue weighted by molar-refractivity contribution is 7.05. The molecule has 4 heteroatoms. The number of aromatic nitrogens is 2. The van der Waals surface area contributed by atoms with Gasteiger partial charge in [-0.15, -0.1) is 0 Å². The first kappa shape index (κ1) is 16.6. The molecule has 0 amide bonds. The summed E-state index contributed by atoms with van der Waals surface area (Å²) in [6, 6.07) is 0.528. The van der Waals surface area contributed by atoms with Crippen LogP contribution >= 0.6 is 11.5 Å². The van der Waals surface area contributed by atoms with E-state index in [1.54, 1.807) is 11.5 Å². The fourth-order valence-electron chi connectivity index (χ4n) is 2.01. The molecule has 0 bridgehead atoms. The van der Waals surface area contributed by atoms with Gasteiger partial charge < -0.3 is 5.32 Å². The van der Waals surface area contributed by atoms with Crippen molar-refractivity contribution in [1.29, 1.82) is 0 Å². The van der Waals surface area contributed by atoms with Gasteiger partial charge in [0, 0.05) is 17.9 Å². The average Bonchev–Trinajstić information content (AvgIpc) is 2.73. The molecule has 1 aromatic rings. The van der Waals surface area contributed by atoms with Gasteiger partial charge in [-0.2, -0.15) is 4.37 Å². The normalized spacial score (nSPS) is 14.1. The van der Waals surface area contributed by atoms with Crippen molar-refractivity contribution in [1.82, 2.24) is 14.7 Å². The van der Waals surface area contributed by atoms with Gasteiger partial charge in [0.15, 0.2) is 0 Å². The van der Waals surface area contributed by atoms with E-state index in [4.69, 9.17) is 4.98 Å². The molecule has 1 heterocycles. The van der Waals surface area contributed by atoms with Crippen LogP contribution in [0.5, 0.6) is 0 Å². The second-order valence-electron chi connectivity index (χ2n) is 6.75. The summed E-state index contributed by atoms with van der Waals surface area (Å²) in [6.07, 6.45) is 3.38. The lowest BCUT2D eigenvalue weighted by atomic mass is 9.96. The lowest BCUT2D eigenvalue weighted by Crippen LogP contribution is -2.33. The van der Waals surface area contributed by atoms with E-state index in [1.807, 2.05) is 0 Å². The molecule has 19 heavy (non-hydrogen) atoms. The molecule has 1 N–H and O–H groups in total. The van der Waals surface area contributed by atoms with Crippen molar-refractivity contribution in [2.75, 3.05) is 6.54 Å². The predicted molar refractivity (Wildman–Crippen MR) is 83.8 cm³/mol. The molecule has 0 saturated heterocycles. The van der Waals surface area contributed by atoms with Crippen molar-refractivity contribution in [2.24, 2.45) is 5.92 Å². The van der Waals surface area contributed by atoms with Crippen molar-refractivity contribution in [3.05, 3.63) is 10.8 Å². The molecule has 0 fully saturated rings. The molecule has 0 saturated carbocycles. The van der Waals surface area contributed by atoms with Gasteiger partial charge >= 0.3 is 0 Å². The molecule has 0 spiro atoms. The van der Waals surface area contributed by atoms with Crippen LogP contribution in [-0.2, 0) is 11.8 Å². The van der Waals surface area contributed by atoms with Gasteiger partial charge in [-0.25, -0.2) is 4.98 Å². The minimum Gasteiger partial charge on any atom is -0.314 e. The third-order valence-electron chi connectivity index (χ3n) is 3.00. The topological polar surface area (TPSA) is 37.8 Å². The van der Waals surface area contributed by atoms with Crippen LogP contribution in [0.3, 0.4) is 0 Å². The Balaban J connectivity index is 2.64. The number of nitrogens with one attached hydrogen (secondary N) is 1. The van der Waals surface area contributed by atoms with Crippen LogP contribution in [0.15, 0.2) is 0 Å². The molecule has 110 valence electrons. The Morgan fingerprint density at radius 3 is 2.42 bits per heavy atom. The summed E-state index contributed by atoms with van der Waals surface area (Å²) in [6.45, 7) is 14.4. The minimum absolute atomic E-state index is 0.0547. The molecule has 1 rings (SSSR count). The molecule has 0 aliphatic rings. The quantitative estimate of drug-likeness (QED) is 0.827. The predicted octanol–water partition coefficient (Wildman–Crippen LogP) is 3.79. The zero-order valence-electron chi connectivity index (χ0n) is 13.3. The summed E-state index contributed by atoms with van der Waals surface area (Å²) >= 11 is 1.56. The highest BCUT2D eigenvalue weighted by atomic mass is 32.1. The van der Waals surface area contributed by atoms with Crippen molar-refractivity contribution < 1.29 is 0 Å². The van der Waals surface area contributed by atoms with E-state index in [2.05, 4.69) is 51.2 Å². The van der Waals surface area contributed by atoms with Crippen LogP contribution in [-0.4, -0.2) is 21.9 Å². The summed E-state index contributed by atoms with van der Waals surface area (Å²) in [5, 5.41) is 4.80. The van der Waals surface area contributed by atoms with E-state index in [-0.39, 0.29) is 5.41 Å². The van der Waals surface area contributed by atoms with Gasteiger partial charge in [0.2, 0.25) is 0 Å². The van der Waals surface area contributed by atoms with Gasteiger partial charge in [-0.1, -0.05) is 41.5 Å². The third kappa shape index (κ3) is 6.00. The van der Waals surface area contributed by atoms with Crippen molar-refractivity contribution in [3.63, 3.8) is 0 Å². The molecule has 0 radical (unpaired) electrons. The lowest BCUT2D eigenvalue weighted by Gasteiger charge is -2.19. The Morgan fingerprint density at radius 1 is 1.26 bits per heavy atom. The van der Waals surface area contributed by atoms with Gasteiger partial charge in [-0.05, 0) is 36.8 Å². The molecule has 0 aliphatic carbocycles. The summed E-state index contributed by atoms with van der Waals surface area (Å²) in [4.78, 5) is 4.70. The standard InChI is InChI=1S/C15H29N3S/c1-7-8-16-12(9-11(2)3)10-13-17-14(18-19-13)15(4,5)6/h11-12,16H,7-10H2,1-6H3. The van der Waals surface area contributed by atoms with Crippen LogP contribution in [0, 0.1) is 5.92 Å². The molecule has 0 aliphatic heterocycles. The Morgan fingerprint density at radius 2 is 1.95 bits per heavy atom. The highest BCUT2D eigenvalue weighted by Gasteiger charge is 2.21. The van der Waals surface area contributed by atoms with Crippen molar-refractivity contribution in [2.45, 2.75) is 72.3 Å². The number of hydrogen-bond acceptors (Lipinski definition) is 4. The van der Waals surface area contributed by atoms with E-state index in [0.717, 1.165) is 18.8 Å². The maximum Gasteiger partial charge on any atom is 0.147 e. The number of hydrogen-bond donors (Lipinski definition) is 1. The maximum atomic E-state index is 4.70. The van der Waals surface area contributed by atoms with E-state index in [0.29, 0.717) is 12.0 Å². The smallest absolute Gasteiger partial charge is 0.147 e. The first-order valence-electron chi connectivity index (χ1n) is 7.39. The van der Waals surface area contributed by atoms with Crippen molar-refractivity contribution >= 4 is 11.5 Å². The zero-order valence-corrected chi connectivity index (χ0v) is 14.1. The Bertz CT molecular complexity index is 366. The van der Waals surface area contributed by atoms with E-state index < -0.39 is 0 Å². The van der Waals surface area contributed by atoms with Gasteiger partial charge in [0.25, 0.3) is 0 Å². The maximum absolute atomic E-state index is 4.70. The van der Waals surface area contributed by atoms with E-state index >= 15 is 0 Å². The van der Waals surface area contributed by atoms with Crippen molar-refractivity contribution in [3.8, 4) is 0 Å². The summed E-state index contributed by atoms with van der Waals surface area (Å²) < 4.78 is 4.50. The SMILES string of the molecule is CCCNC(Cc1nc(C(C)(C)C)ns1)CC(C)C. The second-order valence-corrected chi connectivity index (χ2v) is 7.58. The molecule has 1 aromatic heterocycles. The molecule has 1 unspecified atom stereocenters. The van der Waals surface area contributed by atoms with E-state index in [9.17, 15) is 0 Å². The van der Waals surface area contributed by atoms with Crippen LogP contribution in [0.4, 0.5) is 0 Å². The van der Waals surface area contributed by atoms with Crippen LogP contribution in [0.25, 0.3) is 0 Å². The highest BCUT2D eigenvalue weighted by Crippen LogP contribution is 2.22. The molecule has 1 atom stereocenters. The van der Waals surface area contributed by atoms with Crippen LogP contribution < -0.4 is 5.32 Å². The van der Waals surface area contributed by atoms with Gasteiger partial charge in [-0.3, -0.25) is 0 Å². The zero-order chi connectivity index (χ0) is 14.5. The summed E-state index contributed by atoms with van der Waals surface area (Å²) in [5.74, 6) is 1.69. The fraction of sp³-hybridized carbons (Fsp3) is 0.867. The third-order valence-corrected chi connectivity index (χ3v) is 3.73. The fourth-order valence-corrected chi connectivity index (χ4v) is 2.92. The Kier molecular flexibility index (Phi) is 6.40.